The fourth-order valence-electron chi connectivity index (χ4n) is 1.98. The standard InChI is InChI=1S/C13H15N3O/c1-16-12(14)8-11(15-16)9-2-4-10(5-3-9)13(17)6-7-13/h2-5,8,17H,6-7,14H2,1H3. The quantitative estimate of drug-likeness (QED) is 0.823. The normalized spacial score (nSPS) is 17.1. The summed E-state index contributed by atoms with van der Waals surface area (Å²) in [5.74, 6) is 0.643. The summed E-state index contributed by atoms with van der Waals surface area (Å²) in [7, 11) is 1.82. The highest BCUT2D eigenvalue weighted by Crippen LogP contribution is 2.45. The number of benzene rings is 1. The maximum atomic E-state index is 9.97. The van der Waals surface area contributed by atoms with E-state index in [1.807, 2.05) is 37.4 Å². The minimum Gasteiger partial charge on any atom is -0.385 e. The first-order valence-corrected chi connectivity index (χ1v) is 5.71. The van der Waals surface area contributed by atoms with Gasteiger partial charge < -0.3 is 10.8 Å². The SMILES string of the molecule is Cn1nc(-c2ccc(C3(O)CC3)cc2)cc1N. The summed E-state index contributed by atoms with van der Waals surface area (Å²) in [6.45, 7) is 0. The van der Waals surface area contributed by atoms with Gasteiger partial charge in [-0.05, 0) is 18.4 Å². The summed E-state index contributed by atoms with van der Waals surface area (Å²) < 4.78 is 1.65. The van der Waals surface area contributed by atoms with Crippen molar-refractivity contribution in [2.75, 3.05) is 5.73 Å². The largest absolute Gasteiger partial charge is 0.385 e. The summed E-state index contributed by atoms with van der Waals surface area (Å²) in [6, 6.07) is 9.74. The number of nitrogen functional groups attached to an aromatic ring is 1. The highest BCUT2D eigenvalue weighted by Gasteiger charge is 2.41. The van der Waals surface area contributed by atoms with Crippen LogP contribution in [0.3, 0.4) is 0 Å². The van der Waals surface area contributed by atoms with Gasteiger partial charge in [0.1, 0.15) is 5.82 Å². The molecule has 0 spiro atoms. The van der Waals surface area contributed by atoms with Crippen molar-refractivity contribution in [2.24, 2.45) is 7.05 Å². The maximum absolute atomic E-state index is 9.97. The third kappa shape index (κ3) is 1.70. The summed E-state index contributed by atoms with van der Waals surface area (Å²) >= 11 is 0. The van der Waals surface area contributed by atoms with Gasteiger partial charge in [-0.3, -0.25) is 4.68 Å². The number of hydrogen-bond acceptors (Lipinski definition) is 3. The second-order valence-corrected chi connectivity index (χ2v) is 4.69. The molecule has 1 fully saturated rings. The minimum absolute atomic E-state index is 0.568. The molecule has 1 saturated carbocycles. The van der Waals surface area contributed by atoms with Crippen molar-refractivity contribution in [3.05, 3.63) is 35.9 Å². The smallest absolute Gasteiger partial charge is 0.121 e. The molecule has 4 nitrogen and oxygen atoms in total. The second kappa shape index (κ2) is 3.34. The van der Waals surface area contributed by atoms with E-state index in [-0.39, 0.29) is 0 Å². The molecule has 0 amide bonds. The van der Waals surface area contributed by atoms with Crippen LogP contribution in [-0.4, -0.2) is 14.9 Å². The van der Waals surface area contributed by atoms with Gasteiger partial charge in [-0.25, -0.2) is 0 Å². The van der Waals surface area contributed by atoms with Gasteiger partial charge in [0.2, 0.25) is 0 Å². The summed E-state index contributed by atoms with van der Waals surface area (Å²) in [4.78, 5) is 0. The number of anilines is 1. The van der Waals surface area contributed by atoms with E-state index in [2.05, 4.69) is 5.10 Å². The molecule has 2 aromatic rings. The molecule has 0 radical (unpaired) electrons. The lowest BCUT2D eigenvalue weighted by Gasteiger charge is -2.07. The molecule has 0 aliphatic heterocycles. The van der Waals surface area contributed by atoms with Crippen LogP contribution in [0.1, 0.15) is 18.4 Å². The van der Waals surface area contributed by atoms with Crippen molar-refractivity contribution in [3.8, 4) is 11.3 Å². The highest BCUT2D eigenvalue weighted by atomic mass is 16.3. The first-order chi connectivity index (χ1) is 8.08. The van der Waals surface area contributed by atoms with Crippen molar-refractivity contribution in [2.45, 2.75) is 18.4 Å². The van der Waals surface area contributed by atoms with Crippen LogP contribution in [0.4, 0.5) is 5.82 Å². The van der Waals surface area contributed by atoms with Crippen LogP contribution in [0.2, 0.25) is 0 Å². The third-order valence-corrected chi connectivity index (χ3v) is 3.36. The molecule has 1 aromatic heterocycles. The Morgan fingerprint density at radius 2 is 1.94 bits per heavy atom. The zero-order valence-electron chi connectivity index (χ0n) is 9.72. The molecule has 1 heterocycles. The maximum Gasteiger partial charge on any atom is 0.121 e. The van der Waals surface area contributed by atoms with Crippen molar-refractivity contribution < 1.29 is 5.11 Å². The Morgan fingerprint density at radius 1 is 1.29 bits per heavy atom. The molecular formula is C13H15N3O. The average Bonchev–Trinajstić information content (AvgIpc) is 2.99. The molecule has 0 atom stereocenters. The van der Waals surface area contributed by atoms with Crippen LogP contribution in [-0.2, 0) is 12.6 Å². The van der Waals surface area contributed by atoms with Crippen molar-refractivity contribution in [3.63, 3.8) is 0 Å². The van der Waals surface area contributed by atoms with Gasteiger partial charge in [-0.15, -0.1) is 0 Å². The van der Waals surface area contributed by atoms with Gasteiger partial charge in [0, 0.05) is 18.7 Å². The van der Waals surface area contributed by atoms with E-state index < -0.39 is 5.60 Å². The van der Waals surface area contributed by atoms with Crippen LogP contribution in [0.5, 0.6) is 0 Å². The predicted molar refractivity (Wildman–Crippen MR) is 66.2 cm³/mol. The Balaban J connectivity index is 1.94. The molecule has 3 N–H and O–H groups in total. The van der Waals surface area contributed by atoms with Crippen LogP contribution >= 0.6 is 0 Å². The predicted octanol–water partition coefficient (Wildman–Crippen LogP) is 1.65. The number of rotatable bonds is 2. The zero-order chi connectivity index (χ0) is 12.0. The number of aliphatic hydroxyl groups is 1. The molecule has 1 aliphatic rings. The molecule has 88 valence electrons. The first-order valence-electron chi connectivity index (χ1n) is 5.71. The Labute approximate surface area is 99.7 Å². The minimum atomic E-state index is -0.568. The lowest BCUT2D eigenvalue weighted by Crippen LogP contribution is -2.03. The summed E-state index contributed by atoms with van der Waals surface area (Å²) in [5.41, 5.74) is 8.05. The fourth-order valence-corrected chi connectivity index (χ4v) is 1.98. The van der Waals surface area contributed by atoms with Crippen molar-refractivity contribution >= 4 is 5.82 Å². The van der Waals surface area contributed by atoms with Crippen LogP contribution in [0.25, 0.3) is 11.3 Å². The topological polar surface area (TPSA) is 64.1 Å². The summed E-state index contributed by atoms with van der Waals surface area (Å²) in [5, 5.41) is 14.3. The molecular weight excluding hydrogens is 214 g/mol. The molecule has 17 heavy (non-hydrogen) atoms. The van der Waals surface area contributed by atoms with Crippen LogP contribution < -0.4 is 5.73 Å². The van der Waals surface area contributed by atoms with Crippen molar-refractivity contribution in [1.29, 1.82) is 0 Å². The fraction of sp³-hybridized carbons (Fsp3) is 0.308. The first kappa shape index (κ1) is 10.4. The van der Waals surface area contributed by atoms with E-state index >= 15 is 0 Å². The van der Waals surface area contributed by atoms with E-state index in [1.165, 1.54) is 0 Å². The van der Waals surface area contributed by atoms with E-state index in [0.717, 1.165) is 29.7 Å². The third-order valence-electron chi connectivity index (χ3n) is 3.36. The van der Waals surface area contributed by atoms with E-state index in [4.69, 9.17) is 5.73 Å². The van der Waals surface area contributed by atoms with E-state index in [0.29, 0.717) is 5.82 Å². The number of nitrogens with zero attached hydrogens (tertiary/aromatic N) is 2. The van der Waals surface area contributed by atoms with Gasteiger partial charge in [0.15, 0.2) is 0 Å². The van der Waals surface area contributed by atoms with E-state index in [9.17, 15) is 5.11 Å². The molecule has 1 aliphatic carbocycles. The Bertz CT molecular complexity index is 533. The van der Waals surface area contributed by atoms with Crippen molar-refractivity contribution in [1.82, 2.24) is 9.78 Å². The number of aryl methyl sites for hydroxylation is 1. The molecule has 0 saturated heterocycles. The lowest BCUT2D eigenvalue weighted by molar-refractivity contribution is 0.151. The Morgan fingerprint density at radius 3 is 2.41 bits per heavy atom. The number of nitrogens with two attached hydrogens (primary N) is 1. The molecule has 4 heteroatoms. The van der Waals surface area contributed by atoms with Gasteiger partial charge in [-0.1, -0.05) is 24.3 Å². The monoisotopic (exact) mass is 229 g/mol. The van der Waals surface area contributed by atoms with Gasteiger partial charge in [-0.2, -0.15) is 5.10 Å². The number of aromatic nitrogens is 2. The van der Waals surface area contributed by atoms with Gasteiger partial charge >= 0.3 is 0 Å². The van der Waals surface area contributed by atoms with E-state index in [1.54, 1.807) is 4.68 Å². The lowest BCUT2D eigenvalue weighted by atomic mass is 10.0. The Kier molecular flexibility index (Phi) is 2.03. The summed E-state index contributed by atoms with van der Waals surface area (Å²) in [6.07, 6.45) is 1.73. The molecule has 3 rings (SSSR count). The second-order valence-electron chi connectivity index (χ2n) is 4.69. The van der Waals surface area contributed by atoms with Gasteiger partial charge in [0.05, 0.1) is 11.3 Å². The average molecular weight is 229 g/mol. The Hall–Kier alpha value is -1.81. The zero-order valence-corrected chi connectivity index (χ0v) is 9.72. The van der Waals surface area contributed by atoms with Gasteiger partial charge in [0.25, 0.3) is 0 Å². The number of hydrogen-bond donors (Lipinski definition) is 2. The highest BCUT2D eigenvalue weighted by molar-refractivity contribution is 5.62. The van der Waals surface area contributed by atoms with Crippen LogP contribution in [0.15, 0.2) is 30.3 Å². The molecule has 1 aromatic carbocycles. The molecule has 0 bridgehead atoms. The van der Waals surface area contributed by atoms with Crippen LogP contribution in [0, 0.1) is 0 Å². The molecule has 0 unspecified atom stereocenters.